The second-order valence-electron chi connectivity index (χ2n) is 4.94. The summed E-state index contributed by atoms with van der Waals surface area (Å²) in [7, 11) is 0. The fourth-order valence-electron chi connectivity index (χ4n) is 2.35. The highest BCUT2D eigenvalue weighted by Crippen LogP contribution is 2.33. The molecule has 1 aliphatic heterocycles. The highest BCUT2D eigenvalue weighted by atomic mass is 32.2. The molecule has 1 atom stereocenters. The summed E-state index contributed by atoms with van der Waals surface area (Å²) in [5.41, 5.74) is 0.944. The normalized spacial score (nSPS) is 18.0. The maximum atomic E-state index is 13.8. The van der Waals surface area contributed by atoms with Crippen molar-refractivity contribution in [3.63, 3.8) is 0 Å². The third-order valence-electron chi connectivity index (χ3n) is 3.29. The van der Waals surface area contributed by atoms with Crippen molar-refractivity contribution < 1.29 is 14.0 Å². The summed E-state index contributed by atoms with van der Waals surface area (Å²) < 4.78 is 13.8. The van der Waals surface area contributed by atoms with Gasteiger partial charge in [-0.15, -0.1) is 11.3 Å². The molecule has 114 valence electrons. The van der Waals surface area contributed by atoms with Gasteiger partial charge in [0.15, 0.2) is 10.2 Å². The molecule has 1 aromatic carbocycles. The van der Waals surface area contributed by atoms with E-state index in [1.54, 1.807) is 28.5 Å². The summed E-state index contributed by atoms with van der Waals surface area (Å²) >= 11 is 2.49. The van der Waals surface area contributed by atoms with E-state index < -0.39 is 0 Å². The molecule has 1 aliphatic rings. The number of nitrogens with zero attached hydrogens (tertiary/aromatic N) is 2. The molecule has 0 bridgehead atoms. The van der Waals surface area contributed by atoms with Gasteiger partial charge in [0, 0.05) is 36.1 Å². The van der Waals surface area contributed by atoms with Crippen LogP contribution in [0.1, 0.15) is 13.3 Å². The Hall–Kier alpha value is -1.73. The molecule has 1 aromatic heterocycles. The quantitative estimate of drug-likeness (QED) is 0.863. The number of hydrogen-bond donors (Lipinski definition) is 0. The lowest BCUT2D eigenvalue weighted by atomic mass is 10.2. The van der Waals surface area contributed by atoms with Crippen LogP contribution < -0.4 is 4.90 Å². The maximum Gasteiger partial charge on any atom is 0.230 e. The van der Waals surface area contributed by atoms with E-state index in [1.807, 2.05) is 0 Å². The zero-order valence-corrected chi connectivity index (χ0v) is 13.4. The first-order valence-electron chi connectivity index (χ1n) is 6.72. The average Bonchev–Trinajstić information content (AvgIpc) is 3.05. The lowest BCUT2D eigenvalue weighted by molar-refractivity contribution is -0.117. The van der Waals surface area contributed by atoms with E-state index in [-0.39, 0.29) is 22.1 Å². The van der Waals surface area contributed by atoms with Gasteiger partial charge in [-0.2, -0.15) is 0 Å². The molecule has 2 heterocycles. The minimum Gasteiger partial charge on any atom is -0.288 e. The molecule has 4 nitrogen and oxygen atoms in total. The van der Waals surface area contributed by atoms with Crippen molar-refractivity contribution in [2.75, 3.05) is 11.4 Å². The van der Waals surface area contributed by atoms with Crippen molar-refractivity contribution in [1.82, 2.24) is 4.98 Å². The Bertz CT molecular complexity index is 732. The number of benzene rings is 1. The zero-order chi connectivity index (χ0) is 15.7. The van der Waals surface area contributed by atoms with Gasteiger partial charge in [0.2, 0.25) is 5.91 Å². The zero-order valence-electron chi connectivity index (χ0n) is 11.8. The summed E-state index contributed by atoms with van der Waals surface area (Å²) in [5, 5.41) is 2.26. The maximum absolute atomic E-state index is 13.8. The van der Waals surface area contributed by atoms with Crippen molar-refractivity contribution in [2.45, 2.75) is 18.6 Å². The first-order chi connectivity index (χ1) is 10.5. The Labute approximate surface area is 135 Å². The van der Waals surface area contributed by atoms with Crippen LogP contribution in [0.3, 0.4) is 0 Å². The van der Waals surface area contributed by atoms with Crippen LogP contribution in [0.2, 0.25) is 0 Å². The van der Waals surface area contributed by atoms with Gasteiger partial charge in [-0.1, -0.05) is 23.9 Å². The Morgan fingerprint density at radius 3 is 2.95 bits per heavy atom. The molecule has 0 spiro atoms. The number of aromatic nitrogens is 1. The number of halogens is 1. The number of carbonyl (C=O) groups is 2. The van der Waals surface area contributed by atoms with Crippen LogP contribution >= 0.6 is 23.1 Å². The molecule has 2 aromatic rings. The molecule has 0 saturated carbocycles. The third kappa shape index (κ3) is 3.05. The number of thioether (sulfide) groups is 1. The minimum atomic E-state index is -0.336. The average molecular weight is 336 g/mol. The summed E-state index contributed by atoms with van der Waals surface area (Å²) in [4.78, 5) is 29.2. The molecule has 1 amide bonds. The van der Waals surface area contributed by atoms with Crippen LogP contribution in [0.25, 0.3) is 11.3 Å². The van der Waals surface area contributed by atoms with E-state index >= 15 is 0 Å². The van der Waals surface area contributed by atoms with Gasteiger partial charge in [-0.3, -0.25) is 14.5 Å². The lowest BCUT2D eigenvalue weighted by Crippen LogP contribution is -2.24. The van der Waals surface area contributed by atoms with Crippen molar-refractivity contribution in [3.8, 4) is 11.3 Å². The smallest absolute Gasteiger partial charge is 0.230 e. The van der Waals surface area contributed by atoms with Gasteiger partial charge in [0.1, 0.15) is 5.82 Å². The molecule has 3 rings (SSSR count). The summed E-state index contributed by atoms with van der Waals surface area (Å²) in [6, 6.07) is 6.42. The predicted molar refractivity (Wildman–Crippen MR) is 86.5 cm³/mol. The fourth-order valence-corrected chi connectivity index (χ4v) is 4.12. The van der Waals surface area contributed by atoms with Gasteiger partial charge >= 0.3 is 0 Å². The van der Waals surface area contributed by atoms with Crippen molar-refractivity contribution in [1.29, 1.82) is 0 Å². The van der Waals surface area contributed by atoms with Gasteiger partial charge in [-0.05, 0) is 12.1 Å². The standard InChI is InChI=1S/C15H13FN2O2S2/c1-9(19)22-10-6-14(20)18(7-10)15-17-13(8-21-15)11-4-2-3-5-12(11)16/h2-5,8,10H,6-7H2,1H3. The molecule has 0 aliphatic carbocycles. The highest BCUT2D eigenvalue weighted by Gasteiger charge is 2.33. The van der Waals surface area contributed by atoms with Crippen LogP contribution in [0.4, 0.5) is 9.52 Å². The van der Waals surface area contributed by atoms with E-state index in [0.29, 0.717) is 29.4 Å². The molecule has 22 heavy (non-hydrogen) atoms. The van der Waals surface area contributed by atoms with E-state index in [9.17, 15) is 14.0 Å². The van der Waals surface area contributed by atoms with E-state index in [1.165, 1.54) is 36.1 Å². The van der Waals surface area contributed by atoms with E-state index in [2.05, 4.69) is 4.98 Å². The number of amides is 1. The fraction of sp³-hybridized carbons (Fsp3) is 0.267. The van der Waals surface area contributed by atoms with E-state index in [4.69, 9.17) is 0 Å². The van der Waals surface area contributed by atoms with Crippen LogP contribution in [-0.2, 0) is 9.59 Å². The Balaban J connectivity index is 1.81. The molecule has 7 heteroatoms. The second kappa shape index (κ2) is 6.18. The van der Waals surface area contributed by atoms with Gasteiger partial charge in [-0.25, -0.2) is 9.37 Å². The topological polar surface area (TPSA) is 50.3 Å². The third-order valence-corrected chi connectivity index (χ3v) is 5.14. The van der Waals surface area contributed by atoms with Crippen LogP contribution in [0.15, 0.2) is 29.6 Å². The van der Waals surface area contributed by atoms with Gasteiger partial charge < -0.3 is 0 Å². The van der Waals surface area contributed by atoms with Crippen molar-refractivity contribution >= 4 is 39.3 Å². The minimum absolute atomic E-state index is 0.00540. The molecular weight excluding hydrogens is 323 g/mol. The summed E-state index contributed by atoms with van der Waals surface area (Å²) in [6.07, 6.45) is 0.332. The molecular formula is C15H13FN2O2S2. The van der Waals surface area contributed by atoms with Crippen LogP contribution in [0, 0.1) is 5.82 Å². The SMILES string of the molecule is CC(=O)SC1CC(=O)N(c2nc(-c3ccccc3F)cs2)C1. The number of carbonyl (C=O) groups excluding carboxylic acids is 2. The van der Waals surface area contributed by atoms with Crippen molar-refractivity contribution in [2.24, 2.45) is 0 Å². The molecule has 0 N–H and O–H groups in total. The van der Waals surface area contributed by atoms with E-state index in [0.717, 1.165) is 0 Å². The largest absolute Gasteiger partial charge is 0.288 e. The Morgan fingerprint density at radius 1 is 1.45 bits per heavy atom. The van der Waals surface area contributed by atoms with Crippen molar-refractivity contribution in [3.05, 3.63) is 35.5 Å². The summed E-state index contributed by atoms with van der Waals surface area (Å²) in [5.74, 6) is -0.384. The number of rotatable bonds is 3. The van der Waals surface area contributed by atoms with Crippen LogP contribution in [0.5, 0.6) is 0 Å². The molecule has 1 unspecified atom stereocenters. The Kier molecular flexibility index (Phi) is 4.26. The predicted octanol–water partition coefficient (Wildman–Crippen LogP) is 3.33. The van der Waals surface area contributed by atoms with Gasteiger partial charge in [0.05, 0.1) is 5.69 Å². The Morgan fingerprint density at radius 2 is 2.23 bits per heavy atom. The first kappa shape index (κ1) is 15.2. The first-order valence-corrected chi connectivity index (χ1v) is 8.48. The highest BCUT2D eigenvalue weighted by molar-refractivity contribution is 8.14. The monoisotopic (exact) mass is 336 g/mol. The number of thiazole rings is 1. The summed E-state index contributed by atoms with van der Waals surface area (Å²) in [6.45, 7) is 1.96. The second-order valence-corrected chi connectivity index (χ2v) is 7.25. The van der Waals surface area contributed by atoms with Crippen LogP contribution in [-0.4, -0.2) is 27.8 Å². The number of anilines is 1. The van der Waals surface area contributed by atoms with Gasteiger partial charge in [0.25, 0.3) is 0 Å². The molecule has 1 saturated heterocycles. The molecule has 0 radical (unpaired) electrons. The number of hydrogen-bond acceptors (Lipinski definition) is 5. The molecule has 1 fully saturated rings. The lowest BCUT2D eigenvalue weighted by Gasteiger charge is -2.12.